The van der Waals surface area contributed by atoms with Crippen molar-refractivity contribution >= 4 is 10.0 Å². The molecule has 3 rings (SSSR count). The van der Waals surface area contributed by atoms with Gasteiger partial charge < -0.3 is 5.73 Å². The number of nitrogens with two attached hydrogens (primary N) is 1. The largest absolute Gasteiger partial charge is 0.326 e. The van der Waals surface area contributed by atoms with Crippen LogP contribution < -0.4 is 5.73 Å². The molecule has 18 heavy (non-hydrogen) atoms. The molecule has 2 atom stereocenters. The molecule has 2 fully saturated rings. The Kier molecular flexibility index (Phi) is 2.88. The smallest absolute Gasteiger partial charge is 0.244 e. The van der Waals surface area contributed by atoms with Crippen LogP contribution in [0.5, 0.6) is 0 Å². The average molecular weight is 267 g/mol. The summed E-state index contributed by atoms with van der Waals surface area (Å²) in [5, 5.41) is 0. The third-order valence-electron chi connectivity index (χ3n) is 3.88. The molecule has 1 saturated carbocycles. The Bertz CT molecular complexity index is 528. The fraction of sp³-hybridized carbons (Fsp3) is 0.583. The van der Waals surface area contributed by atoms with E-state index in [0.29, 0.717) is 24.9 Å². The van der Waals surface area contributed by atoms with Crippen LogP contribution in [0.1, 0.15) is 12.8 Å². The molecule has 2 aliphatic rings. The summed E-state index contributed by atoms with van der Waals surface area (Å²) in [7, 11) is -3.42. The quantitative estimate of drug-likeness (QED) is 0.862. The van der Waals surface area contributed by atoms with Crippen LogP contribution in [-0.2, 0) is 10.0 Å². The predicted molar refractivity (Wildman–Crippen MR) is 67.2 cm³/mol. The van der Waals surface area contributed by atoms with Gasteiger partial charge in [0.25, 0.3) is 0 Å². The Balaban J connectivity index is 1.83. The van der Waals surface area contributed by atoms with Gasteiger partial charge >= 0.3 is 0 Å². The van der Waals surface area contributed by atoms with Gasteiger partial charge in [-0.25, -0.2) is 8.42 Å². The Morgan fingerprint density at radius 3 is 2.72 bits per heavy atom. The lowest BCUT2D eigenvalue weighted by Gasteiger charge is -2.15. The van der Waals surface area contributed by atoms with E-state index in [1.165, 1.54) is 23.3 Å². The molecule has 0 unspecified atom stereocenters. The molecule has 0 bridgehead atoms. The van der Waals surface area contributed by atoms with Gasteiger partial charge in [-0.3, -0.25) is 4.98 Å². The summed E-state index contributed by atoms with van der Waals surface area (Å²) < 4.78 is 26.3. The summed E-state index contributed by atoms with van der Waals surface area (Å²) >= 11 is 0. The van der Waals surface area contributed by atoms with E-state index in [9.17, 15) is 8.42 Å². The minimum atomic E-state index is -3.42. The first-order valence-electron chi connectivity index (χ1n) is 6.25. The van der Waals surface area contributed by atoms with Crippen LogP contribution in [0.2, 0.25) is 0 Å². The first-order chi connectivity index (χ1) is 8.59. The molecule has 0 spiro atoms. The van der Waals surface area contributed by atoms with Gasteiger partial charge in [0.2, 0.25) is 10.0 Å². The van der Waals surface area contributed by atoms with Crippen molar-refractivity contribution in [3.63, 3.8) is 0 Å². The molecular formula is C12H17N3O2S. The molecule has 2 heterocycles. The van der Waals surface area contributed by atoms with Crippen LogP contribution in [0, 0.1) is 11.8 Å². The van der Waals surface area contributed by atoms with E-state index in [4.69, 9.17) is 5.73 Å². The number of rotatable bonds is 3. The van der Waals surface area contributed by atoms with Crippen LogP contribution in [-0.4, -0.2) is 36.8 Å². The second-order valence-electron chi connectivity index (χ2n) is 5.18. The van der Waals surface area contributed by atoms with Gasteiger partial charge in [-0.1, -0.05) is 0 Å². The maximum atomic E-state index is 12.4. The normalized spacial score (nSPS) is 29.6. The predicted octanol–water partition coefficient (Wildman–Crippen LogP) is 0.439. The van der Waals surface area contributed by atoms with Crippen molar-refractivity contribution in [3.05, 3.63) is 24.5 Å². The molecule has 1 aromatic heterocycles. The number of nitrogens with zero attached hydrogens (tertiary/aromatic N) is 2. The molecule has 0 amide bonds. The molecule has 2 N–H and O–H groups in total. The van der Waals surface area contributed by atoms with E-state index >= 15 is 0 Å². The second-order valence-corrected chi connectivity index (χ2v) is 7.11. The molecule has 0 radical (unpaired) electrons. The first-order valence-corrected chi connectivity index (χ1v) is 7.69. The SMILES string of the molecule is N[C@H]1CN(S(=O)(=O)c2cccnc2)C[C@@H]1C1CC1. The van der Waals surface area contributed by atoms with Gasteiger partial charge in [-0.2, -0.15) is 4.31 Å². The Morgan fingerprint density at radius 2 is 2.11 bits per heavy atom. The maximum Gasteiger partial charge on any atom is 0.244 e. The van der Waals surface area contributed by atoms with Crippen molar-refractivity contribution in [2.75, 3.05) is 13.1 Å². The van der Waals surface area contributed by atoms with Crippen LogP contribution in [0.3, 0.4) is 0 Å². The second kappa shape index (κ2) is 4.29. The molecule has 98 valence electrons. The van der Waals surface area contributed by atoms with Crippen LogP contribution in [0.4, 0.5) is 0 Å². The topological polar surface area (TPSA) is 76.3 Å². The highest BCUT2D eigenvalue weighted by Gasteiger charge is 2.44. The molecule has 1 aliphatic carbocycles. The molecule has 6 heteroatoms. The number of pyridine rings is 1. The summed E-state index contributed by atoms with van der Waals surface area (Å²) in [6, 6.07) is 3.20. The summed E-state index contributed by atoms with van der Waals surface area (Å²) in [5.41, 5.74) is 6.06. The fourth-order valence-electron chi connectivity index (χ4n) is 2.68. The summed E-state index contributed by atoms with van der Waals surface area (Å²) in [4.78, 5) is 4.13. The minimum Gasteiger partial charge on any atom is -0.326 e. The molecule has 5 nitrogen and oxygen atoms in total. The molecule has 1 saturated heterocycles. The number of sulfonamides is 1. The molecule has 0 aromatic carbocycles. The van der Waals surface area contributed by atoms with Crippen molar-refractivity contribution in [2.45, 2.75) is 23.8 Å². The summed E-state index contributed by atoms with van der Waals surface area (Å²) in [5.74, 6) is 0.963. The number of hydrogen-bond donors (Lipinski definition) is 1. The van der Waals surface area contributed by atoms with E-state index in [0.717, 1.165) is 0 Å². The maximum absolute atomic E-state index is 12.4. The minimum absolute atomic E-state index is 0.0241. The van der Waals surface area contributed by atoms with Crippen molar-refractivity contribution in [3.8, 4) is 0 Å². The van der Waals surface area contributed by atoms with Crippen molar-refractivity contribution in [1.29, 1.82) is 0 Å². The highest BCUT2D eigenvalue weighted by atomic mass is 32.2. The van der Waals surface area contributed by atoms with E-state index in [1.807, 2.05) is 0 Å². The lowest BCUT2D eigenvalue weighted by atomic mass is 9.99. The van der Waals surface area contributed by atoms with Gasteiger partial charge in [0.15, 0.2) is 0 Å². The Morgan fingerprint density at radius 1 is 1.33 bits per heavy atom. The first kappa shape index (κ1) is 12.1. The average Bonchev–Trinajstić information content (AvgIpc) is 3.13. The van der Waals surface area contributed by atoms with E-state index in [-0.39, 0.29) is 10.9 Å². The molecule has 1 aliphatic heterocycles. The van der Waals surface area contributed by atoms with Crippen LogP contribution in [0.25, 0.3) is 0 Å². The van der Waals surface area contributed by atoms with Gasteiger partial charge in [0, 0.05) is 31.5 Å². The van der Waals surface area contributed by atoms with E-state index in [2.05, 4.69) is 4.98 Å². The Labute approximate surface area is 107 Å². The molecular weight excluding hydrogens is 250 g/mol. The number of hydrogen-bond acceptors (Lipinski definition) is 4. The summed E-state index contributed by atoms with van der Waals surface area (Å²) in [6.45, 7) is 0.988. The molecule has 1 aromatic rings. The van der Waals surface area contributed by atoms with Crippen molar-refractivity contribution in [1.82, 2.24) is 9.29 Å². The third kappa shape index (κ3) is 2.04. The van der Waals surface area contributed by atoms with Crippen LogP contribution in [0.15, 0.2) is 29.4 Å². The zero-order chi connectivity index (χ0) is 12.8. The fourth-order valence-corrected chi connectivity index (χ4v) is 4.16. The zero-order valence-electron chi connectivity index (χ0n) is 10.1. The lowest BCUT2D eigenvalue weighted by Crippen LogP contribution is -2.32. The van der Waals surface area contributed by atoms with Gasteiger partial charge in [0.05, 0.1) is 0 Å². The van der Waals surface area contributed by atoms with Gasteiger partial charge in [-0.15, -0.1) is 0 Å². The van der Waals surface area contributed by atoms with E-state index < -0.39 is 10.0 Å². The zero-order valence-corrected chi connectivity index (χ0v) is 10.9. The lowest BCUT2D eigenvalue weighted by molar-refractivity contribution is 0.428. The monoisotopic (exact) mass is 267 g/mol. The van der Waals surface area contributed by atoms with Crippen molar-refractivity contribution < 1.29 is 8.42 Å². The standard InChI is InChI=1S/C12H17N3O2S/c13-12-8-15(7-11(12)9-3-4-9)18(16,17)10-2-1-5-14-6-10/h1-2,5-6,9,11-12H,3-4,7-8,13H2/t11-,12+/m1/s1. The third-order valence-corrected chi connectivity index (χ3v) is 5.69. The van der Waals surface area contributed by atoms with Crippen LogP contribution >= 0.6 is 0 Å². The van der Waals surface area contributed by atoms with E-state index in [1.54, 1.807) is 18.3 Å². The number of aromatic nitrogens is 1. The Hall–Kier alpha value is -0.980. The summed E-state index contributed by atoms with van der Waals surface area (Å²) in [6.07, 6.45) is 5.35. The van der Waals surface area contributed by atoms with Crippen molar-refractivity contribution in [2.24, 2.45) is 17.6 Å². The highest BCUT2D eigenvalue weighted by molar-refractivity contribution is 7.89. The van der Waals surface area contributed by atoms with Gasteiger partial charge in [-0.05, 0) is 36.8 Å². The van der Waals surface area contributed by atoms with Gasteiger partial charge in [0.1, 0.15) is 4.90 Å². The highest BCUT2D eigenvalue weighted by Crippen LogP contribution is 2.41.